The van der Waals surface area contributed by atoms with Crippen molar-refractivity contribution >= 4 is 17.6 Å². The SMILES string of the molecule is O=C1C(NC(=O)N2CCC2c2ccccc2F)CCN1c1cccc(OC(F)(F)F)c1. The molecule has 0 aromatic heterocycles. The largest absolute Gasteiger partial charge is 0.573 e. The van der Waals surface area contributed by atoms with E-state index in [1.165, 1.54) is 28.0 Å². The summed E-state index contributed by atoms with van der Waals surface area (Å²) in [6.07, 6.45) is -3.92. The third-order valence-electron chi connectivity index (χ3n) is 5.41. The van der Waals surface area contributed by atoms with Crippen molar-refractivity contribution in [3.63, 3.8) is 0 Å². The van der Waals surface area contributed by atoms with Gasteiger partial charge in [0, 0.05) is 30.4 Å². The molecule has 1 N–H and O–H groups in total. The number of rotatable bonds is 4. The van der Waals surface area contributed by atoms with Gasteiger partial charge in [-0.1, -0.05) is 24.3 Å². The maximum absolute atomic E-state index is 14.0. The van der Waals surface area contributed by atoms with Crippen molar-refractivity contribution < 1.29 is 31.9 Å². The zero-order valence-electron chi connectivity index (χ0n) is 16.2. The van der Waals surface area contributed by atoms with Gasteiger partial charge in [-0.15, -0.1) is 13.2 Å². The van der Waals surface area contributed by atoms with E-state index in [1.54, 1.807) is 18.2 Å². The van der Waals surface area contributed by atoms with Crippen LogP contribution in [0.15, 0.2) is 48.5 Å². The Kier molecular flexibility index (Phi) is 5.47. The molecule has 2 aliphatic rings. The number of urea groups is 1. The van der Waals surface area contributed by atoms with Crippen molar-refractivity contribution in [3.8, 4) is 5.75 Å². The van der Waals surface area contributed by atoms with Crippen LogP contribution >= 0.6 is 0 Å². The Bertz CT molecular complexity index is 998. The van der Waals surface area contributed by atoms with Gasteiger partial charge in [0.25, 0.3) is 0 Å². The number of ether oxygens (including phenoxy) is 1. The van der Waals surface area contributed by atoms with Crippen LogP contribution in [-0.2, 0) is 4.79 Å². The summed E-state index contributed by atoms with van der Waals surface area (Å²) in [5.74, 6) is -1.26. The van der Waals surface area contributed by atoms with Gasteiger partial charge in [0.1, 0.15) is 17.6 Å². The molecule has 2 atom stereocenters. The second-order valence-corrected chi connectivity index (χ2v) is 7.35. The van der Waals surface area contributed by atoms with Crippen molar-refractivity contribution in [3.05, 3.63) is 59.9 Å². The molecule has 2 unspecified atom stereocenters. The van der Waals surface area contributed by atoms with E-state index in [1.807, 2.05) is 0 Å². The lowest BCUT2D eigenvalue weighted by atomic mass is 9.95. The third kappa shape index (κ3) is 4.42. The van der Waals surface area contributed by atoms with Gasteiger partial charge in [0.2, 0.25) is 5.91 Å². The number of carbonyl (C=O) groups excluding carboxylic acids is 2. The number of anilines is 1. The molecular formula is C21H19F4N3O3. The molecule has 2 fully saturated rings. The molecule has 164 valence electrons. The number of hydrogen-bond donors (Lipinski definition) is 1. The second-order valence-electron chi connectivity index (χ2n) is 7.35. The highest BCUT2D eigenvalue weighted by molar-refractivity contribution is 6.01. The van der Waals surface area contributed by atoms with Gasteiger partial charge in [-0.05, 0) is 31.0 Å². The van der Waals surface area contributed by atoms with E-state index < -0.39 is 42.0 Å². The van der Waals surface area contributed by atoms with Crippen LogP contribution in [-0.4, -0.2) is 42.3 Å². The monoisotopic (exact) mass is 437 g/mol. The fourth-order valence-electron chi connectivity index (χ4n) is 3.85. The fourth-order valence-corrected chi connectivity index (χ4v) is 3.85. The zero-order chi connectivity index (χ0) is 22.2. The van der Waals surface area contributed by atoms with Crippen molar-refractivity contribution in [2.75, 3.05) is 18.0 Å². The van der Waals surface area contributed by atoms with E-state index in [4.69, 9.17) is 0 Å². The summed E-state index contributed by atoms with van der Waals surface area (Å²) in [5.41, 5.74) is 0.668. The number of carbonyl (C=O) groups is 2. The molecule has 3 amide bonds. The summed E-state index contributed by atoms with van der Waals surface area (Å²) in [4.78, 5) is 28.2. The lowest BCUT2D eigenvalue weighted by molar-refractivity contribution is -0.274. The minimum Gasteiger partial charge on any atom is -0.406 e. The topological polar surface area (TPSA) is 61.9 Å². The minimum atomic E-state index is -4.84. The Labute approximate surface area is 175 Å². The first-order valence-corrected chi connectivity index (χ1v) is 9.72. The van der Waals surface area contributed by atoms with Crippen LogP contribution in [0, 0.1) is 5.82 Å². The summed E-state index contributed by atoms with van der Waals surface area (Å²) in [5, 5.41) is 2.66. The van der Waals surface area contributed by atoms with Crippen molar-refractivity contribution in [2.24, 2.45) is 0 Å². The van der Waals surface area contributed by atoms with Gasteiger partial charge in [0.15, 0.2) is 0 Å². The predicted molar refractivity (Wildman–Crippen MR) is 103 cm³/mol. The first kappa shape index (κ1) is 21.0. The number of likely N-dealkylation sites (tertiary alicyclic amines) is 1. The number of amides is 3. The van der Waals surface area contributed by atoms with Crippen LogP contribution in [0.4, 0.5) is 28.0 Å². The number of nitrogens with zero attached hydrogens (tertiary/aromatic N) is 2. The maximum Gasteiger partial charge on any atom is 0.573 e. The Morgan fingerprint density at radius 2 is 1.84 bits per heavy atom. The molecule has 2 aromatic rings. The van der Waals surface area contributed by atoms with Gasteiger partial charge in [-0.2, -0.15) is 0 Å². The molecule has 2 heterocycles. The number of alkyl halides is 3. The highest BCUT2D eigenvalue weighted by Crippen LogP contribution is 2.35. The van der Waals surface area contributed by atoms with Gasteiger partial charge in [-0.25, -0.2) is 9.18 Å². The molecule has 0 radical (unpaired) electrons. The fraction of sp³-hybridized carbons (Fsp3) is 0.333. The van der Waals surface area contributed by atoms with E-state index in [2.05, 4.69) is 10.1 Å². The standard InChI is InChI=1S/C21H19F4N3O3/c22-16-7-2-1-6-15(16)18-9-11-28(18)20(30)26-17-8-10-27(19(17)29)13-4-3-5-14(12-13)31-21(23,24)25/h1-7,12,17-18H,8-11H2,(H,26,30). The van der Waals surface area contributed by atoms with Crippen LogP contribution < -0.4 is 15.0 Å². The van der Waals surface area contributed by atoms with Crippen molar-refractivity contribution in [1.82, 2.24) is 10.2 Å². The molecule has 4 rings (SSSR count). The van der Waals surface area contributed by atoms with Crippen LogP contribution in [0.3, 0.4) is 0 Å². The first-order valence-electron chi connectivity index (χ1n) is 9.72. The Morgan fingerprint density at radius 3 is 2.52 bits per heavy atom. The molecule has 6 nitrogen and oxygen atoms in total. The van der Waals surface area contributed by atoms with Gasteiger partial charge < -0.3 is 19.9 Å². The number of hydrogen-bond acceptors (Lipinski definition) is 3. The summed E-state index contributed by atoms with van der Waals surface area (Å²) >= 11 is 0. The molecule has 2 saturated heterocycles. The maximum atomic E-state index is 14.0. The van der Waals surface area contributed by atoms with E-state index >= 15 is 0 Å². The van der Waals surface area contributed by atoms with Gasteiger partial charge >= 0.3 is 12.4 Å². The molecule has 2 aliphatic heterocycles. The lowest BCUT2D eigenvalue weighted by Gasteiger charge is -2.41. The van der Waals surface area contributed by atoms with E-state index in [9.17, 15) is 27.2 Å². The summed E-state index contributed by atoms with van der Waals surface area (Å²) in [7, 11) is 0. The van der Waals surface area contributed by atoms with Crippen LogP contribution in [0.2, 0.25) is 0 Å². The van der Waals surface area contributed by atoms with E-state index in [-0.39, 0.29) is 12.2 Å². The molecule has 0 spiro atoms. The Hall–Kier alpha value is -3.30. The molecule has 0 aliphatic carbocycles. The molecule has 0 saturated carbocycles. The predicted octanol–water partition coefficient (Wildman–Crippen LogP) is 3.99. The van der Waals surface area contributed by atoms with Crippen molar-refractivity contribution in [2.45, 2.75) is 31.3 Å². The quantitative estimate of drug-likeness (QED) is 0.736. The highest BCUT2D eigenvalue weighted by atomic mass is 19.4. The van der Waals surface area contributed by atoms with E-state index in [0.29, 0.717) is 24.9 Å². The third-order valence-corrected chi connectivity index (χ3v) is 5.41. The normalized spacial score (nSPS) is 21.1. The average Bonchev–Trinajstić information content (AvgIpc) is 3.02. The highest BCUT2D eigenvalue weighted by Gasteiger charge is 2.39. The van der Waals surface area contributed by atoms with E-state index in [0.717, 1.165) is 12.1 Å². The van der Waals surface area contributed by atoms with Gasteiger partial charge in [-0.3, -0.25) is 4.79 Å². The number of nitrogens with one attached hydrogen (secondary N) is 1. The molecule has 0 bridgehead atoms. The van der Waals surface area contributed by atoms with Crippen LogP contribution in [0.1, 0.15) is 24.4 Å². The molecule has 31 heavy (non-hydrogen) atoms. The zero-order valence-corrected chi connectivity index (χ0v) is 16.2. The molecule has 2 aromatic carbocycles. The number of benzene rings is 2. The molecule has 10 heteroatoms. The van der Waals surface area contributed by atoms with Crippen LogP contribution in [0.25, 0.3) is 0 Å². The summed E-state index contributed by atoms with van der Waals surface area (Å²) in [6, 6.07) is 9.65. The minimum absolute atomic E-state index is 0.232. The Balaban J connectivity index is 1.40. The smallest absolute Gasteiger partial charge is 0.406 e. The van der Waals surface area contributed by atoms with Gasteiger partial charge in [0.05, 0.1) is 6.04 Å². The molecular weight excluding hydrogens is 418 g/mol. The first-order chi connectivity index (χ1) is 14.7. The summed E-state index contributed by atoms with van der Waals surface area (Å²) in [6.45, 7) is 0.669. The average molecular weight is 437 g/mol. The number of halogens is 4. The summed E-state index contributed by atoms with van der Waals surface area (Å²) < 4.78 is 55.3. The van der Waals surface area contributed by atoms with Crippen LogP contribution in [0.5, 0.6) is 5.75 Å². The van der Waals surface area contributed by atoms with Crippen molar-refractivity contribution in [1.29, 1.82) is 0 Å². The second kappa shape index (κ2) is 8.09. The Morgan fingerprint density at radius 1 is 1.06 bits per heavy atom. The lowest BCUT2D eigenvalue weighted by Crippen LogP contribution is -2.54.